The van der Waals surface area contributed by atoms with Crippen LogP contribution in [0.25, 0.3) is 27.7 Å². The second kappa shape index (κ2) is 6.42. The molecule has 0 spiro atoms. The molecule has 0 radical (unpaired) electrons. The summed E-state index contributed by atoms with van der Waals surface area (Å²) in [5.74, 6) is 1.50. The summed E-state index contributed by atoms with van der Waals surface area (Å²) in [6, 6.07) is 18.0. The van der Waals surface area contributed by atoms with Crippen molar-refractivity contribution in [3.8, 4) is 22.7 Å². The number of hydrogen-bond acceptors (Lipinski definition) is 3. The Morgan fingerprint density at radius 3 is 2.44 bits per heavy atom. The number of aliphatic hydroxyl groups excluding tert-OH is 1. The molecular formula is C21H18N2O2. The minimum absolute atomic E-state index is 0.0749. The first kappa shape index (κ1) is 15.4. The third-order valence-electron chi connectivity index (χ3n) is 4.37. The third-order valence-corrected chi connectivity index (χ3v) is 4.37. The van der Waals surface area contributed by atoms with Gasteiger partial charge < -0.3 is 14.4 Å². The fraction of sp³-hybridized carbons (Fsp3) is 0.0952. The molecule has 124 valence electrons. The Bertz CT molecular complexity index is 1010. The second-order valence-electron chi connectivity index (χ2n) is 5.82. The minimum atomic E-state index is -0.0749. The fourth-order valence-electron chi connectivity index (χ4n) is 3.14. The van der Waals surface area contributed by atoms with Crippen molar-refractivity contribution in [3.05, 3.63) is 78.8 Å². The van der Waals surface area contributed by atoms with Crippen LogP contribution in [0.2, 0.25) is 0 Å². The average molecular weight is 330 g/mol. The van der Waals surface area contributed by atoms with E-state index in [-0.39, 0.29) is 6.61 Å². The van der Waals surface area contributed by atoms with E-state index in [1.54, 1.807) is 7.11 Å². The standard InChI is InChI=1S/C21H18N2O2/c1-25-20-12-18-17(11-16(20)14-24)19(15-7-3-2-4-8-15)13-22-21(18)23-9-5-6-10-23/h2-13,24H,14H2,1H3. The van der Waals surface area contributed by atoms with E-state index in [1.165, 1.54) is 0 Å². The molecule has 0 aliphatic carbocycles. The summed E-state index contributed by atoms with van der Waals surface area (Å²) in [6.07, 6.45) is 5.83. The summed E-state index contributed by atoms with van der Waals surface area (Å²) >= 11 is 0. The zero-order chi connectivity index (χ0) is 17.2. The highest BCUT2D eigenvalue weighted by Crippen LogP contribution is 2.35. The number of aliphatic hydroxyl groups is 1. The highest BCUT2D eigenvalue weighted by Gasteiger charge is 2.14. The lowest BCUT2D eigenvalue weighted by Crippen LogP contribution is -1.99. The third kappa shape index (κ3) is 2.66. The zero-order valence-corrected chi connectivity index (χ0v) is 13.9. The predicted molar refractivity (Wildman–Crippen MR) is 99.0 cm³/mol. The average Bonchev–Trinajstić information content (AvgIpc) is 3.21. The Hall–Kier alpha value is -3.11. The number of rotatable bonds is 4. The first-order valence-electron chi connectivity index (χ1n) is 8.11. The minimum Gasteiger partial charge on any atom is -0.496 e. The van der Waals surface area contributed by atoms with E-state index < -0.39 is 0 Å². The summed E-state index contributed by atoms with van der Waals surface area (Å²) in [7, 11) is 1.62. The number of hydrogen-bond donors (Lipinski definition) is 1. The normalized spacial score (nSPS) is 11.0. The Morgan fingerprint density at radius 1 is 1.00 bits per heavy atom. The van der Waals surface area contributed by atoms with E-state index in [9.17, 15) is 5.11 Å². The van der Waals surface area contributed by atoms with Gasteiger partial charge in [-0.15, -0.1) is 0 Å². The van der Waals surface area contributed by atoms with E-state index in [4.69, 9.17) is 9.72 Å². The number of benzene rings is 2. The van der Waals surface area contributed by atoms with Crippen LogP contribution in [0.15, 0.2) is 73.2 Å². The fourth-order valence-corrected chi connectivity index (χ4v) is 3.14. The van der Waals surface area contributed by atoms with Gasteiger partial charge in [0, 0.05) is 35.1 Å². The van der Waals surface area contributed by atoms with Gasteiger partial charge >= 0.3 is 0 Å². The molecule has 0 atom stereocenters. The van der Waals surface area contributed by atoms with E-state index in [2.05, 4.69) is 12.1 Å². The van der Waals surface area contributed by atoms with E-state index in [1.807, 2.05) is 65.6 Å². The molecule has 0 fully saturated rings. The van der Waals surface area contributed by atoms with Crippen molar-refractivity contribution in [2.75, 3.05) is 7.11 Å². The molecule has 0 aliphatic rings. The molecule has 4 nitrogen and oxygen atoms in total. The quantitative estimate of drug-likeness (QED) is 0.610. The summed E-state index contributed by atoms with van der Waals surface area (Å²) in [5, 5.41) is 11.7. The van der Waals surface area contributed by atoms with E-state index in [0.29, 0.717) is 5.75 Å². The molecule has 2 heterocycles. The number of methoxy groups -OCH3 is 1. The molecule has 25 heavy (non-hydrogen) atoms. The van der Waals surface area contributed by atoms with Gasteiger partial charge in [-0.25, -0.2) is 4.98 Å². The van der Waals surface area contributed by atoms with Gasteiger partial charge in [0.25, 0.3) is 0 Å². The molecule has 0 saturated carbocycles. The van der Waals surface area contributed by atoms with Gasteiger partial charge in [0.1, 0.15) is 11.6 Å². The van der Waals surface area contributed by atoms with Gasteiger partial charge in [0.05, 0.1) is 13.7 Å². The van der Waals surface area contributed by atoms with Crippen LogP contribution in [-0.4, -0.2) is 21.8 Å². The molecule has 4 rings (SSSR count). The van der Waals surface area contributed by atoms with Crippen LogP contribution in [0.5, 0.6) is 5.75 Å². The summed E-state index contributed by atoms with van der Waals surface area (Å²) in [4.78, 5) is 4.70. The Kier molecular flexibility index (Phi) is 3.96. The Labute approximate surface area is 146 Å². The summed E-state index contributed by atoms with van der Waals surface area (Å²) in [5.41, 5.74) is 2.88. The Balaban J connectivity index is 2.07. The van der Waals surface area contributed by atoms with Crippen LogP contribution < -0.4 is 4.74 Å². The molecule has 0 aliphatic heterocycles. The molecule has 2 aromatic heterocycles. The molecule has 4 heteroatoms. The first-order chi connectivity index (χ1) is 12.3. The lowest BCUT2D eigenvalue weighted by Gasteiger charge is -2.15. The van der Waals surface area contributed by atoms with Crippen molar-refractivity contribution in [3.63, 3.8) is 0 Å². The van der Waals surface area contributed by atoms with Gasteiger partial charge in [-0.2, -0.15) is 0 Å². The van der Waals surface area contributed by atoms with Crippen molar-refractivity contribution in [1.29, 1.82) is 0 Å². The number of nitrogens with zero attached hydrogens (tertiary/aromatic N) is 2. The lowest BCUT2D eigenvalue weighted by molar-refractivity contribution is 0.274. The molecule has 0 amide bonds. The molecule has 0 unspecified atom stereocenters. The van der Waals surface area contributed by atoms with E-state index >= 15 is 0 Å². The SMILES string of the molecule is COc1cc2c(-n3cccc3)ncc(-c3ccccc3)c2cc1CO. The van der Waals surface area contributed by atoms with Crippen molar-refractivity contribution in [2.45, 2.75) is 6.61 Å². The van der Waals surface area contributed by atoms with E-state index in [0.717, 1.165) is 33.3 Å². The molecule has 0 saturated heterocycles. The highest BCUT2D eigenvalue weighted by molar-refractivity contribution is 6.01. The summed E-state index contributed by atoms with van der Waals surface area (Å²) in [6.45, 7) is -0.0749. The smallest absolute Gasteiger partial charge is 0.144 e. The van der Waals surface area contributed by atoms with Crippen LogP contribution in [-0.2, 0) is 6.61 Å². The van der Waals surface area contributed by atoms with Crippen molar-refractivity contribution in [2.24, 2.45) is 0 Å². The zero-order valence-electron chi connectivity index (χ0n) is 13.9. The molecule has 1 N–H and O–H groups in total. The largest absolute Gasteiger partial charge is 0.496 e. The first-order valence-corrected chi connectivity index (χ1v) is 8.11. The predicted octanol–water partition coefficient (Wildman–Crippen LogP) is 4.19. The lowest BCUT2D eigenvalue weighted by atomic mass is 9.98. The Morgan fingerprint density at radius 2 is 1.76 bits per heavy atom. The van der Waals surface area contributed by atoms with Crippen molar-refractivity contribution < 1.29 is 9.84 Å². The molecule has 2 aromatic carbocycles. The highest BCUT2D eigenvalue weighted by atomic mass is 16.5. The van der Waals surface area contributed by atoms with Gasteiger partial charge in [0.2, 0.25) is 0 Å². The maximum atomic E-state index is 9.72. The second-order valence-corrected chi connectivity index (χ2v) is 5.82. The van der Waals surface area contributed by atoms with Crippen molar-refractivity contribution in [1.82, 2.24) is 9.55 Å². The summed E-state index contributed by atoms with van der Waals surface area (Å²) < 4.78 is 7.45. The molecule has 4 aromatic rings. The molecular weight excluding hydrogens is 312 g/mol. The van der Waals surface area contributed by atoms with Crippen LogP contribution in [0.3, 0.4) is 0 Å². The van der Waals surface area contributed by atoms with Gasteiger partial charge in [-0.1, -0.05) is 30.3 Å². The molecule has 0 bridgehead atoms. The monoisotopic (exact) mass is 330 g/mol. The number of aromatic nitrogens is 2. The number of pyridine rings is 1. The van der Waals surface area contributed by atoms with Gasteiger partial charge in [-0.05, 0) is 35.2 Å². The van der Waals surface area contributed by atoms with Gasteiger partial charge in [-0.3, -0.25) is 0 Å². The van der Waals surface area contributed by atoms with Crippen LogP contribution >= 0.6 is 0 Å². The number of ether oxygens (including phenoxy) is 1. The maximum Gasteiger partial charge on any atom is 0.144 e. The van der Waals surface area contributed by atoms with Crippen LogP contribution in [0.1, 0.15) is 5.56 Å². The maximum absolute atomic E-state index is 9.72. The van der Waals surface area contributed by atoms with Crippen molar-refractivity contribution >= 4 is 10.8 Å². The topological polar surface area (TPSA) is 47.3 Å². The van der Waals surface area contributed by atoms with Crippen LogP contribution in [0.4, 0.5) is 0 Å². The van der Waals surface area contributed by atoms with Crippen LogP contribution in [0, 0.1) is 0 Å². The number of fused-ring (bicyclic) bond motifs is 1. The van der Waals surface area contributed by atoms with Gasteiger partial charge in [0.15, 0.2) is 0 Å².